The Bertz CT molecular complexity index is 6.85. The summed E-state index contributed by atoms with van der Waals surface area (Å²) in [6, 6.07) is 0. The van der Waals surface area contributed by atoms with Crippen LogP contribution in [0, 0.1) is 6.42 Å². The number of hydrogen-bond donors (Lipinski definition) is 0. The van der Waals surface area contributed by atoms with E-state index in [1.54, 1.807) is 0 Å². The molecular weight excluding hydrogens is 228 g/mol. The van der Waals surface area contributed by atoms with Crippen molar-refractivity contribution in [2.75, 3.05) is 0 Å². The number of hydrogen-bond acceptors (Lipinski definition) is 0. The van der Waals surface area contributed by atoms with Gasteiger partial charge in [-0.15, -0.1) is 0 Å². The van der Waals surface area contributed by atoms with Crippen LogP contribution in [-0.4, -0.2) is 0 Å². The van der Waals surface area contributed by atoms with Crippen molar-refractivity contribution in [2.45, 2.75) is 13.8 Å². The molecule has 0 atom stereocenters. The topological polar surface area (TPSA) is 0 Å². The first-order valence-corrected chi connectivity index (χ1v) is 1.15. The molecular formula is C3H7BrCd. The molecule has 0 aliphatic heterocycles. The van der Waals surface area contributed by atoms with Gasteiger partial charge in [0.1, 0.15) is 0 Å². The van der Waals surface area contributed by atoms with Crippen LogP contribution in [0.2, 0.25) is 0 Å². The fraction of sp³-hybridized carbons (Fsp3) is 0.667. The first kappa shape index (κ1) is 16.1. The van der Waals surface area contributed by atoms with E-state index in [2.05, 4.69) is 0 Å². The molecule has 0 spiro atoms. The molecule has 0 heterocycles. The van der Waals surface area contributed by atoms with Gasteiger partial charge in [-0.25, -0.2) is 0 Å². The van der Waals surface area contributed by atoms with E-state index < -0.39 is 0 Å². The van der Waals surface area contributed by atoms with Gasteiger partial charge in [-0.05, 0) is 0 Å². The Morgan fingerprint density at radius 1 is 1.20 bits per heavy atom. The van der Waals surface area contributed by atoms with Crippen molar-refractivity contribution in [2.24, 2.45) is 0 Å². The average molecular weight is 235 g/mol. The second-order valence-electron chi connectivity index (χ2n) is 0.577. The summed E-state index contributed by atoms with van der Waals surface area (Å²) in [6.07, 6.45) is 2.00. The Morgan fingerprint density at radius 3 is 1.20 bits per heavy atom. The third-order valence-corrected chi connectivity index (χ3v) is 0. The van der Waals surface area contributed by atoms with Crippen LogP contribution >= 0.6 is 0 Å². The summed E-state index contributed by atoms with van der Waals surface area (Å²) in [4.78, 5) is 0. The van der Waals surface area contributed by atoms with Gasteiger partial charge in [0, 0.05) is 0 Å². The minimum atomic E-state index is 0. The van der Waals surface area contributed by atoms with Crippen LogP contribution < -0.4 is 17.0 Å². The van der Waals surface area contributed by atoms with Gasteiger partial charge in [0.2, 0.25) is 0 Å². The molecule has 0 fully saturated rings. The zero-order valence-corrected chi connectivity index (χ0v) is 9.28. The van der Waals surface area contributed by atoms with E-state index in [4.69, 9.17) is 0 Å². The van der Waals surface area contributed by atoms with Crippen LogP contribution in [0.3, 0.4) is 0 Å². The number of rotatable bonds is 0. The molecule has 0 aromatic carbocycles. The van der Waals surface area contributed by atoms with Gasteiger partial charge >= 0.3 is 27.3 Å². The summed E-state index contributed by atoms with van der Waals surface area (Å²) >= 11 is 0. The van der Waals surface area contributed by atoms with E-state index in [1.165, 1.54) is 0 Å². The molecule has 0 nitrogen and oxygen atoms in total. The summed E-state index contributed by atoms with van der Waals surface area (Å²) in [5.41, 5.74) is 0. The Morgan fingerprint density at radius 2 is 1.20 bits per heavy atom. The first-order chi connectivity index (χ1) is 1.41. The minimum Gasteiger partial charge on any atom is -1.00 e. The molecule has 0 rings (SSSR count). The molecule has 2 heteroatoms. The molecule has 0 saturated carbocycles. The predicted molar refractivity (Wildman–Crippen MR) is 15.6 cm³/mol. The molecule has 0 amide bonds. The van der Waals surface area contributed by atoms with Crippen molar-refractivity contribution >= 4 is 0 Å². The van der Waals surface area contributed by atoms with Gasteiger partial charge in [0.15, 0.2) is 0 Å². The second-order valence-corrected chi connectivity index (χ2v) is 0.577. The summed E-state index contributed by atoms with van der Waals surface area (Å²) in [6.45, 7) is 4.00. The van der Waals surface area contributed by atoms with Gasteiger partial charge in [-0.1, -0.05) is 0 Å². The monoisotopic (exact) mass is 236 g/mol. The molecule has 5 heavy (non-hydrogen) atoms. The Labute approximate surface area is 64.3 Å². The largest absolute Gasteiger partial charge is 2.00 e. The predicted octanol–water partition coefficient (Wildman–Crippen LogP) is -1.77. The quantitative estimate of drug-likeness (QED) is 0.344. The van der Waals surface area contributed by atoms with Crippen LogP contribution in [0.4, 0.5) is 0 Å². The Kier molecular flexibility index (Phi) is 58.6. The van der Waals surface area contributed by atoms with Gasteiger partial charge in [0.25, 0.3) is 0 Å². The van der Waals surface area contributed by atoms with Gasteiger partial charge in [0.05, 0.1) is 0 Å². The molecule has 0 radical (unpaired) electrons. The van der Waals surface area contributed by atoms with E-state index in [0.717, 1.165) is 0 Å². The standard InChI is InChI=1S/C3H7.BrH.Cd/c1-3-2;;/h3H,1-2H3;1H;/q-1;;+2/p-1. The zero-order valence-electron chi connectivity index (χ0n) is 3.66. The maximum absolute atomic E-state index is 2.00. The SMILES string of the molecule is C[CH-]C.[Br-].[Cd+2]. The molecule has 0 aliphatic carbocycles. The summed E-state index contributed by atoms with van der Waals surface area (Å²) in [7, 11) is 0. The average Bonchev–Trinajstić information content (AvgIpc) is 0.918. The van der Waals surface area contributed by atoms with Crippen molar-refractivity contribution in [1.29, 1.82) is 0 Å². The van der Waals surface area contributed by atoms with Crippen LogP contribution in [-0.2, 0) is 27.3 Å². The normalized spacial score (nSPS) is 3.60. The van der Waals surface area contributed by atoms with Crippen molar-refractivity contribution in [3.63, 3.8) is 0 Å². The summed E-state index contributed by atoms with van der Waals surface area (Å²) < 4.78 is 0. The van der Waals surface area contributed by atoms with Crippen LogP contribution in [0.15, 0.2) is 0 Å². The maximum Gasteiger partial charge on any atom is 2.00 e. The Balaban J connectivity index is -0.0000000200. The van der Waals surface area contributed by atoms with E-state index >= 15 is 0 Å². The van der Waals surface area contributed by atoms with Gasteiger partial charge in [-0.2, -0.15) is 13.8 Å². The summed E-state index contributed by atoms with van der Waals surface area (Å²) in [5.74, 6) is 0. The van der Waals surface area contributed by atoms with Crippen LogP contribution in [0.1, 0.15) is 13.8 Å². The summed E-state index contributed by atoms with van der Waals surface area (Å²) in [5, 5.41) is 0. The van der Waals surface area contributed by atoms with Crippen molar-refractivity contribution in [3.05, 3.63) is 6.42 Å². The van der Waals surface area contributed by atoms with Crippen molar-refractivity contribution in [3.8, 4) is 0 Å². The third-order valence-electron chi connectivity index (χ3n) is 0. The first-order valence-electron chi connectivity index (χ1n) is 1.15. The van der Waals surface area contributed by atoms with Crippen LogP contribution in [0.25, 0.3) is 0 Å². The molecule has 0 bridgehead atoms. The van der Waals surface area contributed by atoms with Gasteiger partial charge in [-0.3, -0.25) is 0 Å². The van der Waals surface area contributed by atoms with Gasteiger partial charge < -0.3 is 23.4 Å². The Hall–Kier alpha value is 1.40. The van der Waals surface area contributed by atoms with Crippen molar-refractivity contribution in [1.82, 2.24) is 0 Å². The fourth-order valence-corrected chi connectivity index (χ4v) is 0. The second kappa shape index (κ2) is 18.1. The van der Waals surface area contributed by atoms with E-state index in [9.17, 15) is 0 Å². The van der Waals surface area contributed by atoms with E-state index in [0.29, 0.717) is 0 Å². The third kappa shape index (κ3) is 31.8. The maximum atomic E-state index is 2.00. The number of halogens is 1. The minimum absolute atomic E-state index is 0. The fourth-order valence-electron chi connectivity index (χ4n) is 0. The molecule has 28 valence electrons. The van der Waals surface area contributed by atoms with Crippen LogP contribution in [0.5, 0.6) is 0 Å². The van der Waals surface area contributed by atoms with E-state index in [1.807, 2.05) is 20.3 Å². The molecule has 0 unspecified atom stereocenters. The molecule has 0 aliphatic rings. The molecule has 0 aromatic rings. The smallest absolute Gasteiger partial charge is 1.00 e. The zero-order chi connectivity index (χ0) is 2.71. The van der Waals surface area contributed by atoms with E-state index in [-0.39, 0.29) is 44.3 Å². The molecule has 0 N–H and O–H groups in total. The van der Waals surface area contributed by atoms with Crippen molar-refractivity contribution < 1.29 is 44.3 Å². The molecule has 0 aromatic heterocycles. The molecule has 0 saturated heterocycles.